The molecular formula is C11H21O. The molecule has 1 saturated heterocycles. The second kappa shape index (κ2) is 6.47. The van der Waals surface area contributed by atoms with E-state index < -0.39 is 0 Å². The third kappa shape index (κ3) is 4.10. The van der Waals surface area contributed by atoms with Gasteiger partial charge in [0.15, 0.2) is 0 Å². The molecule has 0 saturated carbocycles. The second-order valence-electron chi connectivity index (χ2n) is 3.69. The predicted octanol–water partition coefficient (Wildman–Crippen LogP) is 3.34. The fourth-order valence-electron chi connectivity index (χ4n) is 1.76. The van der Waals surface area contributed by atoms with Gasteiger partial charge in [0.05, 0.1) is 6.10 Å². The normalized spacial score (nSPS) is 25.2. The SMILES string of the molecule is [CH2]CCCCC1CCCCCO1. The fourth-order valence-corrected chi connectivity index (χ4v) is 1.76. The Balaban J connectivity index is 2.04. The summed E-state index contributed by atoms with van der Waals surface area (Å²) in [5, 5.41) is 0. The lowest BCUT2D eigenvalue weighted by atomic mass is 10.1. The minimum Gasteiger partial charge on any atom is -0.378 e. The Morgan fingerprint density at radius 1 is 1.17 bits per heavy atom. The number of ether oxygens (including phenoxy) is 1. The predicted molar refractivity (Wildman–Crippen MR) is 52.0 cm³/mol. The summed E-state index contributed by atoms with van der Waals surface area (Å²) in [4.78, 5) is 0. The standard InChI is InChI=1S/C11H21O/c1-2-3-5-8-11-9-6-4-7-10-12-11/h11H,1-10H2. The Labute approximate surface area is 76.5 Å². The highest BCUT2D eigenvalue weighted by Crippen LogP contribution is 2.17. The zero-order valence-electron chi connectivity index (χ0n) is 8.06. The van der Waals surface area contributed by atoms with Crippen LogP contribution >= 0.6 is 0 Å². The molecular weight excluding hydrogens is 148 g/mol. The first-order valence-corrected chi connectivity index (χ1v) is 5.34. The van der Waals surface area contributed by atoms with Crippen molar-refractivity contribution >= 4 is 0 Å². The maximum Gasteiger partial charge on any atom is 0.0575 e. The molecule has 71 valence electrons. The van der Waals surface area contributed by atoms with Crippen LogP contribution in [0.4, 0.5) is 0 Å². The number of rotatable bonds is 4. The maximum atomic E-state index is 5.73. The van der Waals surface area contributed by atoms with Gasteiger partial charge in [0.1, 0.15) is 0 Å². The van der Waals surface area contributed by atoms with Crippen LogP contribution in [0.1, 0.15) is 51.4 Å². The lowest BCUT2D eigenvalue weighted by molar-refractivity contribution is 0.0512. The summed E-state index contributed by atoms with van der Waals surface area (Å²) < 4.78 is 5.73. The molecule has 0 aliphatic carbocycles. The van der Waals surface area contributed by atoms with Gasteiger partial charge in [-0.1, -0.05) is 39.0 Å². The highest BCUT2D eigenvalue weighted by molar-refractivity contribution is 4.62. The summed E-state index contributed by atoms with van der Waals surface area (Å²) in [6.07, 6.45) is 10.8. The van der Waals surface area contributed by atoms with Crippen molar-refractivity contribution in [3.05, 3.63) is 6.92 Å². The van der Waals surface area contributed by atoms with Crippen LogP contribution in [0.5, 0.6) is 0 Å². The molecule has 0 aromatic heterocycles. The summed E-state index contributed by atoms with van der Waals surface area (Å²) in [5.74, 6) is 0. The van der Waals surface area contributed by atoms with Gasteiger partial charge >= 0.3 is 0 Å². The lowest BCUT2D eigenvalue weighted by Crippen LogP contribution is -2.10. The highest BCUT2D eigenvalue weighted by Gasteiger charge is 2.11. The first-order valence-electron chi connectivity index (χ1n) is 5.34. The van der Waals surface area contributed by atoms with E-state index >= 15 is 0 Å². The van der Waals surface area contributed by atoms with Crippen molar-refractivity contribution in [3.8, 4) is 0 Å². The van der Waals surface area contributed by atoms with E-state index in [2.05, 4.69) is 6.92 Å². The van der Waals surface area contributed by atoms with Gasteiger partial charge in [-0.15, -0.1) is 0 Å². The van der Waals surface area contributed by atoms with Crippen molar-refractivity contribution in [2.24, 2.45) is 0 Å². The zero-order chi connectivity index (χ0) is 8.65. The molecule has 1 aliphatic heterocycles. The molecule has 1 heteroatoms. The monoisotopic (exact) mass is 169 g/mol. The second-order valence-corrected chi connectivity index (χ2v) is 3.69. The summed E-state index contributed by atoms with van der Waals surface area (Å²) in [5.41, 5.74) is 0. The fraction of sp³-hybridized carbons (Fsp3) is 0.909. The summed E-state index contributed by atoms with van der Waals surface area (Å²) >= 11 is 0. The van der Waals surface area contributed by atoms with Crippen LogP contribution in [0.2, 0.25) is 0 Å². The van der Waals surface area contributed by atoms with Gasteiger partial charge in [0.25, 0.3) is 0 Å². The molecule has 12 heavy (non-hydrogen) atoms. The van der Waals surface area contributed by atoms with Gasteiger partial charge in [0, 0.05) is 6.61 Å². The molecule has 0 N–H and O–H groups in total. The molecule has 0 aromatic carbocycles. The van der Waals surface area contributed by atoms with Crippen LogP contribution in [0.3, 0.4) is 0 Å². The van der Waals surface area contributed by atoms with Gasteiger partial charge in [-0.2, -0.15) is 0 Å². The van der Waals surface area contributed by atoms with Crippen LogP contribution in [0, 0.1) is 6.92 Å². The van der Waals surface area contributed by atoms with E-state index in [1.54, 1.807) is 0 Å². The molecule has 1 fully saturated rings. The van der Waals surface area contributed by atoms with E-state index in [-0.39, 0.29) is 0 Å². The van der Waals surface area contributed by atoms with Crippen LogP contribution in [0.25, 0.3) is 0 Å². The zero-order valence-corrected chi connectivity index (χ0v) is 8.06. The quantitative estimate of drug-likeness (QED) is 0.586. The van der Waals surface area contributed by atoms with Crippen molar-refractivity contribution in [1.29, 1.82) is 0 Å². The number of hydrogen-bond acceptors (Lipinski definition) is 1. The average molecular weight is 169 g/mol. The first-order chi connectivity index (χ1) is 5.93. The highest BCUT2D eigenvalue weighted by atomic mass is 16.5. The Morgan fingerprint density at radius 3 is 2.92 bits per heavy atom. The lowest BCUT2D eigenvalue weighted by Gasteiger charge is -2.13. The van der Waals surface area contributed by atoms with E-state index in [0.29, 0.717) is 6.10 Å². The van der Waals surface area contributed by atoms with E-state index in [0.717, 1.165) is 13.0 Å². The summed E-state index contributed by atoms with van der Waals surface area (Å²) in [6, 6.07) is 0. The average Bonchev–Trinajstić information content (AvgIpc) is 2.33. The third-order valence-corrected chi connectivity index (χ3v) is 2.55. The van der Waals surface area contributed by atoms with Crippen molar-refractivity contribution in [1.82, 2.24) is 0 Å². The largest absolute Gasteiger partial charge is 0.378 e. The van der Waals surface area contributed by atoms with Crippen LogP contribution in [-0.4, -0.2) is 12.7 Å². The number of unbranched alkanes of at least 4 members (excludes halogenated alkanes) is 2. The van der Waals surface area contributed by atoms with Crippen molar-refractivity contribution in [2.75, 3.05) is 6.61 Å². The minimum atomic E-state index is 0.569. The smallest absolute Gasteiger partial charge is 0.0575 e. The molecule has 1 atom stereocenters. The van der Waals surface area contributed by atoms with Gasteiger partial charge in [-0.25, -0.2) is 0 Å². The van der Waals surface area contributed by atoms with Crippen molar-refractivity contribution in [3.63, 3.8) is 0 Å². The molecule has 1 nitrogen and oxygen atoms in total. The Bertz CT molecular complexity index is 93.2. The first kappa shape index (κ1) is 10.0. The van der Waals surface area contributed by atoms with Gasteiger partial charge in [-0.05, 0) is 19.3 Å². The summed E-state index contributed by atoms with van der Waals surface area (Å²) in [6.45, 7) is 4.84. The van der Waals surface area contributed by atoms with Crippen LogP contribution in [0.15, 0.2) is 0 Å². The van der Waals surface area contributed by atoms with E-state index in [9.17, 15) is 0 Å². The van der Waals surface area contributed by atoms with Gasteiger partial charge < -0.3 is 4.74 Å². The van der Waals surface area contributed by atoms with E-state index in [1.165, 1.54) is 44.9 Å². The van der Waals surface area contributed by atoms with E-state index in [4.69, 9.17) is 4.74 Å². The molecule has 1 heterocycles. The molecule has 1 unspecified atom stereocenters. The molecule has 1 rings (SSSR count). The molecule has 0 amide bonds. The van der Waals surface area contributed by atoms with Crippen LogP contribution in [-0.2, 0) is 4.74 Å². The Kier molecular flexibility index (Phi) is 5.42. The van der Waals surface area contributed by atoms with Crippen molar-refractivity contribution in [2.45, 2.75) is 57.5 Å². The summed E-state index contributed by atoms with van der Waals surface area (Å²) in [7, 11) is 0. The Morgan fingerprint density at radius 2 is 2.08 bits per heavy atom. The molecule has 1 radical (unpaired) electrons. The third-order valence-electron chi connectivity index (χ3n) is 2.55. The van der Waals surface area contributed by atoms with E-state index in [1.807, 2.05) is 0 Å². The van der Waals surface area contributed by atoms with Crippen molar-refractivity contribution < 1.29 is 4.74 Å². The topological polar surface area (TPSA) is 9.23 Å². The van der Waals surface area contributed by atoms with Gasteiger partial charge in [0.2, 0.25) is 0 Å². The molecule has 0 aromatic rings. The molecule has 1 aliphatic rings. The molecule has 0 spiro atoms. The van der Waals surface area contributed by atoms with Crippen LogP contribution < -0.4 is 0 Å². The maximum absolute atomic E-state index is 5.73. The molecule has 0 bridgehead atoms. The minimum absolute atomic E-state index is 0.569. The number of hydrogen-bond donors (Lipinski definition) is 0. The Hall–Kier alpha value is -0.0400. The van der Waals surface area contributed by atoms with Gasteiger partial charge in [-0.3, -0.25) is 0 Å².